The molecule has 1 rings (SSSR count). The zero-order valence-corrected chi connectivity index (χ0v) is 6.60. The zero-order valence-electron chi connectivity index (χ0n) is 5.78. The maximum absolute atomic E-state index is 10.2. The second-order valence-electron chi connectivity index (χ2n) is 1.88. The molecule has 0 amide bonds. The summed E-state index contributed by atoms with van der Waals surface area (Å²) in [6.07, 6.45) is 0.792. The van der Waals surface area contributed by atoms with Gasteiger partial charge in [0.2, 0.25) is 0 Å². The highest BCUT2D eigenvalue weighted by atomic mass is 35.5. The molecule has 60 valence electrons. The molecular weight excluding hydrogens is 164 g/mol. The van der Waals surface area contributed by atoms with Crippen LogP contribution < -0.4 is 11.3 Å². The zero-order chi connectivity index (χ0) is 7.40. The predicted molar refractivity (Wildman–Crippen MR) is 46.9 cm³/mol. The van der Waals surface area contributed by atoms with Crippen molar-refractivity contribution in [2.75, 3.05) is 5.43 Å². The highest BCUT2D eigenvalue weighted by Gasteiger charge is 1.88. The smallest absolute Gasteiger partial charge is 0.150 e. The van der Waals surface area contributed by atoms with Crippen molar-refractivity contribution in [3.8, 4) is 0 Å². The average molecular weight is 173 g/mol. The van der Waals surface area contributed by atoms with Gasteiger partial charge in [-0.05, 0) is 24.3 Å². The SMILES string of the molecule is Cl.NNc1ccc(C=O)cc1. The van der Waals surface area contributed by atoms with Crippen LogP contribution in [0.1, 0.15) is 10.4 Å². The summed E-state index contributed by atoms with van der Waals surface area (Å²) in [6, 6.07) is 6.87. The molecule has 0 radical (unpaired) electrons. The predicted octanol–water partition coefficient (Wildman–Crippen LogP) is 1.21. The quantitative estimate of drug-likeness (QED) is 0.401. The van der Waals surface area contributed by atoms with E-state index in [1.807, 2.05) is 0 Å². The molecule has 0 heterocycles. The van der Waals surface area contributed by atoms with E-state index in [2.05, 4.69) is 5.43 Å². The normalized spacial score (nSPS) is 8.09. The Balaban J connectivity index is 0.000001000. The molecule has 0 aromatic heterocycles. The second-order valence-corrected chi connectivity index (χ2v) is 1.88. The summed E-state index contributed by atoms with van der Waals surface area (Å²) < 4.78 is 0. The van der Waals surface area contributed by atoms with Crippen molar-refractivity contribution in [2.45, 2.75) is 0 Å². The van der Waals surface area contributed by atoms with Gasteiger partial charge in [-0.2, -0.15) is 0 Å². The Kier molecular flexibility index (Phi) is 4.26. The highest BCUT2D eigenvalue weighted by Crippen LogP contribution is 2.05. The van der Waals surface area contributed by atoms with Gasteiger partial charge in [0.15, 0.2) is 0 Å². The molecule has 0 aliphatic rings. The molecule has 0 unspecified atom stereocenters. The van der Waals surface area contributed by atoms with Crippen LogP contribution >= 0.6 is 12.4 Å². The van der Waals surface area contributed by atoms with E-state index in [1.165, 1.54) is 0 Å². The number of nitrogen functional groups attached to an aromatic ring is 1. The Bertz CT molecular complexity index is 222. The minimum absolute atomic E-state index is 0. The first-order valence-electron chi connectivity index (χ1n) is 2.88. The molecule has 0 aliphatic carbocycles. The van der Waals surface area contributed by atoms with Crippen LogP contribution in [-0.4, -0.2) is 6.29 Å². The van der Waals surface area contributed by atoms with E-state index in [0.717, 1.165) is 12.0 Å². The number of rotatable bonds is 2. The summed E-state index contributed by atoms with van der Waals surface area (Å²) >= 11 is 0. The number of benzene rings is 1. The number of hydrogen-bond donors (Lipinski definition) is 2. The van der Waals surface area contributed by atoms with Crippen molar-refractivity contribution in [3.63, 3.8) is 0 Å². The monoisotopic (exact) mass is 172 g/mol. The Morgan fingerprint density at radius 1 is 1.27 bits per heavy atom. The van der Waals surface area contributed by atoms with E-state index in [1.54, 1.807) is 24.3 Å². The minimum Gasteiger partial charge on any atom is -0.324 e. The van der Waals surface area contributed by atoms with Crippen LogP contribution in [0, 0.1) is 0 Å². The van der Waals surface area contributed by atoms with Crippen LogP contribution in [0.15, 0.2) is 24.3 Å². The molecule has 0 atom stereocenters. The third-order valence-electron chi connectivity index (χ3n) is 1.21. The number of nitrogens with two attached hydrogens (primary N) is 1. The van der Waals surface area contributed by atoms with Gasteiger partial charge in [0.25, 0.3) is 0 Å². The van der Waals surface area contributed by atoms with Crippen molar-refractivity contribution in [1.82, 2.24) is 0 Å². The molecule has 1 aromatic rings. The maximum Gasteiger partial charge on any atom is 0.150 e. The number of aldehydes is 1. The van der Waals surface area contributed by atoms with Gasteiger partial charge in [0.05, 0.1) is 0 Å². The number of carbonyl (C=O) groups excluding carboxylic acids is 1. The fourth-order valence-corrected chi connectivity index (χ4v) is 0.658. The van der Waals surface area contributed by atoms with Crippen LogP contribution in [0.5, 0.6) is 0 Å². The van der Waals surface area contributed by atoms with Gasteiger partial charge in [0, 0.05) is 11.3 Å². The number of hydrazine groups is 1. The average Bonchev–Trinajstić information content (AvgIpc) is 2.05. The van der Waals surface area contributed by atoms with Crippen molar-refractivity contribution < 1.29 is 4.79 Å². The summed E-state index contributed by atoms with van der Waals surface area (Å²) in [5, 5.41) is 0. The third kappa shape index (κ3) is 2.57. The molecule has 11 heavy (non-hydrogen) atoms. The van der Waals surface area contributed by atoms with Gasteiger partial charge in [-0.15, -0.1) is 12.4 Å². The number of hydrogen-bond acceptors (Lipinski definition) is 3. The van der Waals surface area contributed by atoms with Crippen LogP contribution in [0.4, 0.5) is 5.69 Å². The molecule has 0 aliphatic heterocycles. The Morgan fingerprint density at radius 2 is 1.82 bits per heavy atom. The lowest BCUT2D eigenvalue weighted by Gasteiger charge is -1.96. The van der Waals surface area contributed by atoms with E-state index < -0.39 is 0 Å². The van der Waals surface area contributed by atoms with Crippen molar-refractivity contribution in [3.05, 3.63) is 29.8 Å². The topological polar surface area (TPSA) is 55.1 Å². The van der Waals surface area contributed by atoms with Gasteiger partial charge in [-0.3, -0.25) is 10.6 Å². The molecule has 0 saturated carbocycles. The largest absolute Gasteiger partial charge is 0.324 e. The summed E-state index contributed by atoms with van der Waals surface area (Å²) in [4.78, 5) is 10.2. The van der Waals surface area contributed by atoms with Crippen molar-refractivity contribution >= 4 is 24.4 Å². The molecular formula is C7H9ClN2O. The first-order valence-corrected chi connectivity index (χ1v) is 2.88. The first-order chi connectivity index (χ1) is 4.86. The van der Waals surface area contributed by atoms with Gasteiger partial charge < -0.3 is 5.43 Å². The van der Waals surface area contributed by atoms with E-state index in [0.29, 0.717) is 5.56 Å². The number of nitrogens with one attached hydrogen (secondary N) is 1. The molecule has 0 saturated heterocycles. The number of halogens is 1. The number of carbonyl (C=O) groups is 1. The second kappa shape index (κ2) is 4.71. The Morgan fingerprint density at radius 3 is 2.18 bits per heavy atom. The van der Waals surface area contributed by atoms with Crippen LogP contribution in [-0.2, 0) is 0 Å². The fraction of sp³-hybridized carbons (Fsp3) is 0. The van der Waals surface area contributed by atoms with Crippen LogP contribution in [0.2, 0.25) is 0 Å². The molecule has 0 fully saturated rings. The third-order valence-corrected chi connectivity index (χ3v) is 1.21. The van der Waals surface area contributed by atoms with Gasteiger partial charge >= 0.3 is 0 Å². The van der Waals surface area contributed by atoms with Gasteiger partial charge in [0.1, 0.15) is 6.29 Å². The van der Waals surface area contributed by atoms with Crippen LogP contribution in [0.25, 0.3) is 0 Å². The van der Waals surface area contributed by atoms with Gasteiger partial charge in [-0.25, -0.2) is 0 Å². The lowest BCUT2D eigenvalue weighted by molar-refractivity contribution is 0.112. The van der Waals surface area contributed by atoms with Crippen molar-refractivity contribution in [1.29, 1.82) is 0 Å². The Hall–Kier alpha value is -1.06. The summed E-state index contributed by atoms with van der Waals surface area (Å²) in [7, 11) is 0. The molecule has 4 heteroatoms. The molecule has 3 N–H and O–H groups in total. The lowest BCUT2D eigenvalue weighted by Crippen LogP contribution is -2.06. The van der Waals surface area contributed by atoms with E-state index in [-0.39, 0.29) is 12.4 Å². The number of anilines is 1. The maximum atomic E-state index is 10.2. The molecule has 3 nitrogen and oxygen atoms in total. The minimum atomic E-state index is 0. The van der Waals surface area contributed by atoms with Crippen molar-refractivity contribution in [2.24, 2.45) is 5.84 Å². The van der Waals surface area contributed by atoms with E-state index >= 15 is 0 Å². The van der Waals surface area contributed by atoms with E-state index in [9.17, 15) is 4.79 Å². The standard InChI is InChI=1S/C7H8N2O.ClH/c8-9-7-3-1-6(5-10)2-4-7;/h1-5,9H,8H2;1H. The molecule has 0 spiro atoms. The van der Waals surface area contributed by atoms with E-state index in [4.69, 9.17) is 5.84 Å². The summed E-state index contributed by atoms with van der Waals surface area (Å²) in [5.74, 6) is 5.10. The molecule has 0 bridgehead atoms. The lowest BCUT2D eigenvalue weighted by atomic mass is 10.2. The van der Waals surface area contributed by atoms with Gasteiger partial charge in [-0.1, -0.05) is 0 Å². The highest BCUT2D eigenvalue weighted by molar-refractivity contribution is 5.85. The summed E-state index contributed by atoms with van der Waals surface area (Å²) in [6.45, 7) is 0. The molecule has 1 aromatic carbocycles. The Labute approximate surface area is 71.0 Å². The first kappa shape index (κ1) is 9.94. The summed E-state index contributed by atoms with van der Waals surface area (Å²) in [5.41, 5.74) is 3.91. The fourth-order valence-electron chi connectivity index (χ4n) is 0.658. The van der Waals surface area contributed by atoms with Crippen LogP contribution in [0.3, 0.4) is 0 Å².